The zero-order valence-corrected chi connectivity index (χ0v) is 16.1. The topological polar surface area (TPSA) is 36.7 Å². The second kappa shape index (κ2) is 6.86. The summed E-state index contributed by atoms with van der Waals surface area (Å²) in [5.74, 6) is 0.825. The molecule has 2 aliphatic rings. The Morgan fingerprint density at radius 1 is 1.04 bits per heavy atom. The predicted octanol–water partition coefficient (Wildman–Crippen LogP) is 4.43. The minimum absolute atomic E-state index is 0.0680. The van der Waals surface area contributed by atoms with Gasteiger partial charge in [0.1, 0.15) is 5.76 Å². The lowest BCUT2D eigenvalue weighted by atomic mass is 9.99. The molecule has 0 radical (unpaired) electrons. The molecule has 1 aromatic heterocycles. The van der Waals surface area contributed by atoms with Crippen LogP contribution < -0.4 is 4.90 Å². The first-order valence-electron chi connectivity index (χ1n) is 9.97. The Kier molecular flexibility index (Phi) is 4.19. The van der Waals surface area contributed by atoms with Crippen LogP contribution in [0.15, 0.2) is 65.3 Å². The number of rotatable bonds is 3. The molecule has 1 amide bonds. The lowest BCUT2D eigenvalue weighted by Crippen LogP contribution is -2.36. The van der Waals surface area contributed by atoms with E-state index in [1.54, 1.807) is 6.26 Å². The van der Waals surface area contributed by atoms with Crippen LogP contribution in [0.3, 0.4) is 0 Å². The zero-order valence-electron chi connectivity index (χ0n) is 16.1. The van der Waals surface area contributed by atoms with Crippen molar-refractivity contribution in [3.63, 3.8) is 0 Å². The number of para-hydroxylation sites is 1. The summed E-state index contributed by atoms with van der Waals surface area (Å²) in [6, 6.07) is 19.1. The summed E-state index contributed by atoms with van der Waals surface area (Å²) in [4.78, 5) is 17.5. The minimum Gasteiger partial charge on any atom is -0.467 e. The van der Waals surface area contributed by atoms with Crippen molar-refractivity contribution in [2.24, 2.45) is 0 Å². The van der Waals surface area contributed by atoms with Gasteiger partial charge in [-0.25, -0.2) is 0 Å². The van der Waals surface area contributed by atoms with Crippen LogP contribution in [0.2, 0.25) is 0 Å². The molecule has 2 aromatic carbocycles. The van der Waals surface area contributed by atoms with Crippen LogP contribution in [0.1, 0.15) is 39.7 Å². The second-order valence-corrected chi connectivity index (χ2v) is 7.81. The van der Waals surface area contributed by atoms with Crippen LogP contribution in [0, 0.1) is 0 Å². The first-order valence-corrected chi connectivity index (χ1v) is 9.97. The maximum absolute atomic E-state index is 13.2. The van der Waals surface area contributed by atoms with E-state index in [4.69, 9.17) is 4.42 Å². The molecule has 0 aliphatic carbocycles. The van der Waals surface area contributed by atoms with Gasteiger partial charge in [0, 0.05) is 24.8 Å². The van der Waals surface area contributed by atoms with Crippen molar-refractivity contribution >= 4 is 11.6 Å². The van der Waals surface area contributed by atoms with Crippen molar-refractivity contribution in [1.82, 2.24) is 4.90 Å². The van der Waals surface area contributed by atoms with Gasteiger partial charge in [0.05, 0.1) is 18.4 Å². The highest BCUT2D eigenvalue weighted by Crippen LogP contribution is 2.34. The first kappa shape index (κ1) is 17.1. The maximum Gasteiger partial charge on any atom is 0.257 e. The van der Waals surface area contributed by atoms with Gasteiger partial charge in [0.15, 0.2) is 0 Å². The molecule has 3 aromatic rings. The molecular formula is C24H24N2O2. The molecule has 1 unspecified atom stereocenters. The van der Waals surface area contributed by atoms with E-state index in [0.717, 1.165) is 25.1 Å². The van der Waals surface area contributed by atoms with Crippen molar-refractivity contribution < 1.29 is 9.21 Å². The Hall–Kier alpha value is -3.01. The second-order valence-electron chi connectivity index (χ2n) is 7.81. The molecule has 0 N–H and O–H groups in total. The molecule has 0 saturated carbocycles. The molecule has 0 spiro atoms. The zero-order chi connectivity index (χ0) is 19.1. The van der Waals surface area contributed by atoms with Crippen LogP contribution >= 0.6 is 0 Å². The molecule has 0 bridgehead atoms. The Morgan fingerprint density at radius 2 is 1.79 bits per heavy atom. The van der Waals surface area contributed by atoms with E-state index < -0.39 is 0 Å². The summed E-state index contributed by atoms with van der Waals surface area (Å²) in [6.45, 7) is 4.27. The third-order valence-electron chi connectivity index (χ3n) is 6.06. The third-order valence-corrected chi connectivity index (χ3v) is 6.06. The quantitative estimate of drug-likeness (QED) is 0.682. The number of nitrogens with zero attached hydrogens (tertiary/aromatic N) is 2. The summed E-state index contributed by atoms with van der Waals surface area (Å²) in [7, 11) is 0. The Morgan fingerprint density at radius 3 is 2.64 bits per heavy atom. The summed E-state index contributed by atoms with van der Waals surface area (Å²) in [5.41, 5.74) is 5.89. The predicted molar refractivity (Wildman–Crippen MR) is 109 cm³/mol. The molecule has 1 atom stereocenters. The summed E-state index contributed by atoms with van der Waals surface area (Å²) in [5, 5.41) is 0. The maximum atomic E-state index is 13.2. The Labute approximate surface area is 165 Å². The monoisotopic (exact) mass is 372 g/mol. The van der Waals surface area contributed by atoms with Crippen molar-refractivity contribution in [1.29, 1.82) is 0 Å². The number of carbonyl (C=O) groups excluding carboxylic acids is 1. The van der Waals surface area contributed by atoms with Gasteiger partial charge in [0.25, 0.3) is 5.91 Å². The van der Waals surface area contributed by atoms with E-state index in [-0.39, 0.29) is 5.91 Å². The molecule has 4 heteroatoms. The molecule has 3 heterocycles. The fourth-order valence-electron chi connectivity index (χ4n) is 4.52. The van der Waals surface area contributed by atoms with Gasteiger partial charge in [-0.15, -0.1) is 0 Å². The highest BCUT2D eigenvalue weighted by molar-refractivity contribution is 5.95. The van der Waals surface area contributed by atoms with Crippen LogP contribution in [-0.4, -0.2) is 23.4 Å². The number of benzene rings is 2. The fraction of sp³-hybridized carbons (Fsp3) is 0.292. The summed E-state index contributed by atoms with van der Waals surface area (Å²) >= 11 is 0. The first-order chi connectivity index (χ1) is 13.7. The molecular weight excluding hydrogens is 348 g/mol. The molecule has 142 valence electrons. The highest BCUT2D eigenvalue weighted by atomic mass is 16.3. The number of carbonyl (C=O) groups is 1. The smallest absolute Gasteiger partial charge is 0.257 e. The van der Waals surface area contributed by atoms with Crippen molar-refractivity contribution in [2.45, 2.75) is 38.9 Å². The van der Waals surface area contributed by atoms with Gasteiger partial charge in [-0.05, 0) is 48.6 Å². The summed E-state index contributed by atoms with van der Waals surface area (Å²) in [6.07, 6.45) is 3.59. The van der Waals surface area contributed by atoms with E-state index in [2.05, 4.69) is 54.3 Å². The molecule has 0 saturated heterocycles. The van der Waals surface area contributed by atoms with Crippen molar-refractivity contribution in [2.75, 3.05) is 11.4 Å². The van der Waals surface area contributed by atoms with Gasteiger partial charge in [-0.1, -0.05) is 42.5 Å². The van der Waals surface area contributed by atoms with Crippen LogP contribution in [0.25, 0.3) is 0 Å². The van der Waals surface area contributed by atoms with Crippen LogP contribution in [0.4, 0.5) is 5.69 Å². The SMILES string of the molecule is CC1Cc2ccccc2N1Cc1occc1C(=O)N1CCc2ccccc2C1. The average molecular weight is 372 g/mol. The van der Waals surface area contributed by atoms with Gasteiger partial charge in [-0.3, -0.25) is 4.79 Å². The van der Waals surface area contributed by atoms with E-state index in [9.17, 15) is 4.79 Å². The van der Waals surface area contributed by atoms with E-state index in [1.807, 2.05) is 17.0 Å². The molecule has 4 nitrogen and oxygen atoms in total. The fourth-order valence-corrected chi connectivity index (χ4v) is 4.52. The van der Waals surface area contributed by atoms with Crippen molar-refractivity contribution in [3.8, 4) is 0 Å². The molecule has 5 rings (SSSR count). The van der Waals surface area contributed by atoms with Crippen LogP contribution in [0.5, 0.6) is 0 Å². The number of hydrogen-bond acceptors (Lipinski definition) is 3. The van der Waals surface area contributed by atoms with E-state index >= 15 is 0 Å². The molecule has 0 fully saturated rings. The standard InChI is InChI=1S/C24H24N2O2/c1-17-14-19-7-4-5-9-22(19)26(17)16-23-21(11-13-28-23)24(27)25-12-10-18-6-2-3-8-20(18)15-25/h2-9,11,13,17H,10,12,14-16H2,1H3. The third kappa shape index (κ3) is 2.89. The lowest BCUT2D eigenvalue weighted by molar-refractivity contribution is 0.0732. The normalized spacial score (nSPS) is 18.1. The van der Waals surface area contributed by atoms with Crippen molar-refractivity contribution in [3.05, 3.63) is 88.9 Å². The summed E-state index contributed by atoms with van der Waals surface area (Å²) < 4.78 is 5.78. The molecule has 2 aliphatic heterocycles. The number of fused-ring (bicyclic) bond motifs is 2. The Balaban J connectivity index is 1.38. The number of hydrogen-bond donors (Lipinski definition) is 0. The lowest BCUT2D eigenvalue weighted by Gasteiger charge is -2.29. The van der Waals surface area contributed by atoms with E-state index in [1.165, 1.54) is 22.4 Å². The number of anilines is 1. The van der Waals surface area contributed by atoms with Gasteiger partial charge >= 0.3 is 0 Å². The van der Waals surface area contributed by atoms with E-state index in [0.29, 0.717) is 24.7 Å². The average Bonchev–Trinajstić information content (AvgIpc) is 3.32. The largest absolute Gasteiger partial charge is 0.467 e. The van der Waals surface area contributed by atoms with Gasteiger partial charge in [0.2, 0.25) is 0 Å². The van der Waals surface area contributed by atoms with Gasteiger partial charge in [-0.2, -0.15) is 0 Å². The molecule has 28 heavy (non-hydrogen) atoms. The van der Waals surface area contributed by atoms with Gasteiger partial charge < -0.3 is 14.2 Å². The minimum atomic E-state index is 0.0680. The Bertz CT molecular complexity index is 1020. The highest BCUT2D eigenvalue weighted by Gasteiger charge is 2.29. The number of amides is 1. The number of furan rings is 1. The van der Waals surface area contributed by atoms with Crippen LogP contribution in [-0.2, 0) is 25.9 Å².